The van der Waals surface area contributed by atoms with Crippen LogP contribution in [0.2, 0.25) is 0 Å². The molecule has 0 bridgehead atoms. The van der Waals surface area contributed by atoms with Crippen molar-refractivity contribution in [1.82, 2.24) is 10.2 Å². The van der Waals surface area contributed by atoms with Gasteiger partial charge in [-0.3, -0.25) is 4.79 Å². The van der Waals surface area contributed by atoms with Crippen LogP contribution in [0.3, 0.4) is 0 Å². The fourth-order valence-corrected chi connectivity index (χ4v) is 2.91. The number of hydrogen-bond acceptors (Lipinski definition) is 3. The topological polar surface area (TPSA) is 35.6 Å². The molecule has 2 rings (SSSR count). The zero-order valence-corrected chi connectivity index (χ0v) is 16.2. The first-order valence-corrected chi connectivity index (χ1v) is 8.65. The average molecular weight is 390 g/mol. The van der Waals surface area contributed by atoms with E-state index in [2.05, 4.69) is 55.3 Å². The second-order valence-corrected chi connectivity index (χ2v) is 7.10. The summed E-state index contributed by atoms with van der Waals surface area (Å²) in [7, 11) is 8.10. The van der Waals surface area contributed by atoms with E-state index >= 15 is 0 Å². The first-order chi connectivity index (χ1) is 11.4. The van der Waals surface area contributed by atoms with E-state index < -0.39 is 0 Å². The summed E-state index contributed by atoms with van der Waals surface area (Å²) < 4.78 is 0.901. The second kappa shape index (κ2) is 8.31. The normalized spacial score (nSPS) is 12.1. The van der Waals surface area contributed by atoms with Crippen molar-refractivity contribution in [3.8, 4) is 0 Å². The van der Waals surface area contributed by atoms with E-state index in [0.717, 1.165) is 10.2 Å². The molecule has 4 nitrogen and oxygen atoms in total. The smallest absolute Gasteiger partial charge is 0.251 e. The minimum atomic E-state index is -0.0620. The van der Waals surface area contributed by atoms with Crippen molar-refractivity contribution >= 4 is 27.5 Å². The first kappa shape index (κ1) is 18.5. The molecule has 5 heteroatoms. The number of likely N-dealkylation sites (N-methyl/N-ethyl adjacent to an activating group) is 1. The first-order valence-electron chi connectivity index (χ1n) is 7.86. The van der Waals surface area contributed by atoms with Crippen LogP contribution in [-0.4, -0.2) is 45.5 Å². The molecule has 0 saturated heterocycles. The minimum Gasteiger partial charge on any atom is -0.378 e. The molecule has 1 amide bonds. The van der Waals surface area contributed by atoms with Gasteiger partial charge >= 0.3 is 0 Å². The molecule has 1 N–H and O–H groups in total. The SMILES string of the molecule is CN(C)c1ccc([C@H](CNC(=O)c2cccc(Br)c2)N(C)C)cc1. The molecular formula is C19H24BrN3O. The van der Waals surface area contributed by atoms with E-state index in [1.807, 2.05) is 52.5 Å². The number of halogens is 1. The molecular weight excluding hydrogens is 366 g/mol. The van der Waals surface area contributed by atoms with Crippen LogP contribution in [-0.2, 0) is 0 Å². The molecule has 0 unspecified atom stereocenters. The zero-order chi connectivity index (χ0) is 17.7. The van der Waals surface area contributed by atoms with Gasteiger partial charge in [-0.1, -0.05) is 34.1 Å². The van der Waals surface area contributed by atoms with E-state index in [-0.39, 0.29) is 11.9 Å². The second-order valence-electron chi connectivity index (χ2n) is 6.19. The van der Waals surface area contributed by atoms with Crippen LogP contribution in [0.15, 0.2) is 53.0 Å². The van der Waals surface area contributed by atoms with Gasteiger partial charge in [-0.05, 0) is 50.0 Å². The Kier molecular flexibility index (Phi) is 6.40. The third-order valence-corrected chi connectivity index (χ3v) is 4.45. The number of nitrogens with zero attached hydrogens (tertiary/aromatic N) is 2. The fraction of sp³-hybridized carbons (Fsp3) is 0.316. The van der Waals surface area contributed by atoms with Crippen molar-refractivity contribution < 1.29 is 4.79 Å². The van der Waals surface area contributed by atoms with Gasteiger partial charge in [-0.25, -0.2) is 0 Å². The lowest BCUT2D eigenvalue weighted by molar-refractivity contribution is 0.0942. The summed E-state index contributed by atoms with van der Waals surface area (Å²) in [6, 6.07) is 16.0. The van der Waals surface area contributed by atoms with Crippen LogP contribution >= 0.6 is 15.9 Å². The highest BCUT2D eigenvalue weighted by atomic mass is 79.9. The van der Waals surface area contributed by atoms with Gasteiger partial charge in [0.1, 0.15) is 0 Å². The largest absolute Gasteiger partial charge is 0.378 e. The highest BCUT2D eigenvalue weighted by Gasteiger charge is 2.16. The van der Waals surface area contributed by atoms with Gasteiger partial charge in [0.2, 0.25) is 0 Å². The summed E-state index contributed by atoms with van der Waals surface area (Å²) in [5.74, 6) is -0.0620. The Hall–Kier alpha value is -1.85. The van der Waals surface area contributed by atoms with Gasteiger partial charge in [0.05, 0.1) is 6.04 Å². The number of anilines is 1. The van der Waals surface area contributed by atoms with Crippen LogP contribution in [0.4, 0.5) is 5.69 Å². The highest BCUT2D eigenvalue weighted by molar-refractivity contribution is 9.10. The summed E-state index contributed by atoms with van der Waals surface area (Å²) >= 11 is 3.40. The summed E-state index contributed by atoms with van der Waals surface area (Å²) in [5, 5.41) is 3.03. The Labute approximate surface area is 152 Å². The van der Waals surface area contributed by atoms with Crippen molar-refractivity contribution in [3.63, 3.8) is 0 Å². The van der Waals surface area contributed by atoms with E-state index in [1.165, 1.54) is 5.56 Å². The lowest BCUT2D eigenvalue weighted by Crippen LogP contribution is -2.34. The monoisotopic (exact) mass is 389 g/mol. The number of rotatable bonds is 6. The Balaban J connectivity index is 2.07. The van der Waals surface area contributed by atoms with Gasteiger partial charge in [0, 0.05) is 36.4 Å². The lowest BCUT2D eigenvalue weighted by Gasteiger charge is -2.26. The Morgan fingerprint density at radius 1 is 1.08 bits per heavy atom. The minimum absolute atomic E-state index is 0.0620. The molecule has 1 atom stereocenters. The maximum atomic E-state index is 12.3. The number of nitrogens with one attached hydrogen (secondary N) is 1. The summed E-state index contributed by atoms with van der Waals surface area (Å²) in [6.07, 6.45) is 0. The average Bonchev–Trinajstić information content (AvgIpc) is 2.55. The number of carbonyl (C=O) groups excluding carboxylic acids is 1. The summed E-state index contributed by atoms with van der Waals surface area (Å²) in [5.41, 5.74) is 3.00. The predicted molar refractivity (Wildman–Crippen MR) is 104 cm³/mol. The lowest BCUT2D eigenvalue weighted by atomic mass is 10.0. The van der Waals surface area contributed by atoms with E-state index in [9.17, 15) is 4.79 Å². The number of amides is 1. The molecule has 0 aliphatic carbocycles. The molecule has 24 heavy (non-hydrogen) atoms. The van der Waals surface area contributed by atoms with Gasteiger partial charge in [0.15, 0.2) is 0 Å². The van der Waals surface area contributed by atoms with Crippen LogP contribution in [0, 0.1) is 0 Å². The van der Waals surface area contributed by atoms with Crippen molar-refractivity contribution in [1.29, 1.82) is 0 Å². The third kappa shape index (κ3) is 4.82. The standard InChI is InChI=1S/C19H24BrN3O/c1-22(2)17-10-8-14(9-11-17)18(23(3)4)13-21-19(24)15-6-5-7-16(20)12-15/h5-12,18H,13H2,1-4H3,(H,21,24)/t18-/m0/s1. The molecule has 0 spiro atoms. The molecule has 0 saturated carbocycles. The third-order valence-electron chi connectivity index (χ3n) is 3.96. The molecule has 0 heterocycles. The van der Waals surface area contributed by atoms with Crippen molar-refractivity contribution in [2.24, 2.45) is 0 Å². The van der Waals surface area contributed by atoms with Gasteiger partial charge in [-0.2, -0.15) is 0 Å². The molecule has 0 radical (unpaired) electrons. The molecule has 0 aliphatic heterocycles. The predicted octanol–water partition coefficient (Wildman–Crippen LogP) is 3.55. The highest BCUT2D eigenvalue weighted by Crippen LogP contribution is 2.21. The Bertz CT molecular complexity index is 683. The van der Waals surface area contributed by atoms with E-state index in [0.29, 0.717) is 12.1 Å². The molecule has 0 aliphatic rings. The maximum Gasteiger partial charge on any atom is 0.251 e. The van der Waals surface area contributed by atoms with Crippen molar-refractivity contribution in [2.75, 3.05) is 39.6 Å². The van der Waals surface area contributed by atoms with Crippen molar-refractivity contribution in [3.05, 3.63) is 64.1 Å². The van der Waals surface area contributed by atoms with Gasteiger partial charge in [-0.15, -0.1) is 0 Å². The molecule has 2 aromatic carbocycles. The van der Waals surface area contributed by atoms with E-state index in [1.54, 1.807) is 0 Å². The molecule has 128 valence electrons. The molecule has 2 aromatic rings. The maximum absolute atomic E-state index is 12.3. The van der Waals surface area contributed by atoms with Crippen molar-refractivity contribution in [2.45, 2.75) is 6.04 Å². The quantitative estimate of drug-likeness (QED) is 0.820. The molecule has 0 fully saturated rings. The van der Waals surface area contributed by atoms with Gasteiger partial charge in [0.25, 0.3) is 5.91 Å². The van der Waals surface area contributed by atoms with E-state index in [4.69, 9.17) is 0 Å². The summed E-state index contributed by atoms with van der Waals surface area (Å²) in [4.78, 5) is 16.5. The van der Waals surface area contributed by atoms with Crippen LogP contribution in [0.25, 0.3) is 0 Å². The summed E-state index contributed by atoms with van der Waals surface area (Å²) in [6.45, 7) is 0.555. The Morgan fingerprint density at radius 3 is 2.29 bits per heavy atom. The number of carbonyl (C=O) groups is 1. The number of benzene rings is 2. The van der Waals surface area contributed by atoms with Crippen LogP contribution < -0.4 is 10.2 Å². The zero-order valence-electron chi connectivity index (χ0n) is 14.6. The van der Waals surface area contributed by atoms with Crippen LogP contribution in [0.5, 0.6) is 0 Å². The molecule has 0 aromatic heterocycles. The fourth-order valence-electron chi connectivity index (χ4n) is 2.51. The number of hydrogen-bond donors (Lipinski definition) is 1. The van der Waals surface area contributed by atoms with Crippen LogP contribution in [0.1, 0.15) is 22.0 Å². The Morgan fingerprint density at radius 2 is 1.75 bits per heavy atom. The van der Waals surface area contributed by atoms with Gasteiger partial charge < -0.3 is 15.1 Å².